The molecule has 0 spiro atoms. The zero-order valence-corrected chi connectivity index (χ0v) is 11.2. The number of nitrogens with zero attached hydrogens (tertiary/aromatic N) is 1. The van der Waals surface area contributed by atoms with E-state index in [4.69, 9.17) is 5.11 Å². The number of aliphatic hydroxyl groups excluding tert-OH is 1. The van der Waals surface area contributed by atoms with E-state index in [0.717, 1.165) is 0 Å². The van der Waals surface area contributed by atoms with Crippen molar-refractivity contribution in [2.24, 2.45) is 5.92 Å². The molecule has 0 aliphatic heterocycles. The topological polar surface area (TPSA) is 92.5 Å². The third-order valence-electron chi connectivity index (χ3n) is 2.85. The van der Waals surface area contributed by atoms with Gasteiger partial charge in [-0.3, -0.25) is 14.9 Å². The van der Waals surface area contributed by atoms with Crippen molar-refractivity contribution in [1.82, 2.24) is 5.32 Å². The van der Waals surface area contributed by atoms with E-state index in [0.29, 0.717) is 5.56 Å². The third-order valence-corrected chi connectivity index (χ3v) is 2.85. The van der Waals surface area contributed by atoms with Gasteiger partial charge in [-0.05, 0) is 24.5 Å². The molecular formula is C13H18N2O4. The van der Waals surface area contributed by atoms with E-state index in [1.165, 1.54) is 12.1 Å². The molecule has 0 aliphatic carbocycles. The minimum atomic E-state index is -0.532. The lowest BCUT2D eigenvalue weighted by Crippen LogP contribution is -2.41. The van der Waals surface area contributed by atoms with Crippen LogP contribution in [0.1, 0.15) is 29.8 Å². The number of carbonyl (C=O) groups excluding carboxylic acids is 1. The Balaban J connectivity index is 2.96. The highest BCUT2D eigenvalue weighted by molar-refractivity contribution is 5.95. The number of aryl methyl sites for hydroxylation is 1. The van der Waals surface area contributed by atoms with Crippen molar-refractivity contribution >= 4 is 11.6 Å². The van der Waals surface area contributed by atoms with Crippen molar-refractivity contribution in [3.05, 3.63) is 39.4 Å². The summed E-state index contributed by atoms with van der Waals surface area (Å²) in [5, 5.41) is 22.6. The Kier molecular flexibility index (Phi) is 5.00. The summed E-state index contributed by atoms with van der Waals surface area (Å²) in [6.45, 7) is 5.27. The highest BCUT2D eigenvalue weighted by Crippen LogP contribution is 2.17. The molecular weight excluding hydrogens is 248 g/mol. The number of nitrogens with one attached hydrogen (secondary N) is 1. The second kappa shape index (κ2) is 6.29. The second-order valence-electron chi connectivity index (χ2n) is 4.82. The number of aliphatic hydroxyl groups is 1. The molecule has 2 N–H and O–H groups in total. The molecule has 0 radical (unpaired) electrons. The van der Waals surface area contributed by atoms with E-state index in [1.807, 2.05) is 13.8 Å². The number of benzene rings is 1. The maximum Gasteiger partial charge on any atom is 0.270 e. The molecule has 1 amide bonds. The molecule has 19 heavy (non-hydrogen) atoms. The number of carbonyl (C=O) groups is 1. The monoisotopic (exact) mass is 266 g/mol. The fourth-order valence-electron chi connectivity index (χ4n) is 1.67. The summed E-state index contributed by atoms with van der Waals surface area (Å²) in [6, 6.07) is 3.85. The lowest BCUT2D eigenvalue weighted by molar-refractivity contribution is -0.384. The third kappa shape index (κ3) is 4.03. The average Bonchev–Trinajstić information content (AvgIpc) is 2.34. The fraction of sp³-hybridized carbons (Fsp3) is 0.462. The molecule has 1 rings (SSSR count). The van der Waals surface area contributed by atoms with Gasteiger partial charge in [-0.1, -0.05) is 13.8 Å². The van der Waals surface area contributed by atoms with Crippen LogP contribution in [0.2, 0.25) is 0 Å². The molecule has 1 aromatic carbocycles. The SMILES string of the molecule is Cc1cc(C(=O)NC(CO)C(C)C)cc([N+](=O)[O-])c1. The van der Waals surface area contributed by atoms with Gasteiger partial charge in [-0.25, -0.2) is 0 Å². The molecule has 0 heterocycles. The van der Waals surface area contributed by atoms with E-state index < -0.39 is 10.8 Å². The number of hydrogen-bond donors (Lipinski definition) is 2. The predicted molar refractivity (Wildman–Crippen MR) is 71.0 cm³/mol. The van der Waals surface area contributed by atoms with Crippen LogP contribution >= 0.6 is 0 Å². The Bertz CT molecular complexity index is 486. The number of nitro groups is 1. The van der Waals surface area contributed by atoms with Gasteiger partial charge in [0.25, 0.3) is 11.6 Å². The summed E-state index contributed by atoms with van der Waals surface area (Å²) in [7, 11) is 0. The van der Waals surface area contributed by atoms with Crippen LogP contribution in [0.15, 0.2) is 18.2 Å². The van der Waals surface area contributed by atoms with Crippen molar-refractivity contribution in [2.75, 3.05) is 6.61 Å². The van der Waals surface area contributed by atoms with Crippen LogP contribution in [-0.4, -0.2) is 28.6 Å². The zero-order chi connectivity index (χ0) is 14.6. The van der Waals surface area contributed by atoms with Crippen LogP contribution in [0, 0.1) is 23.0 Å². The summed E-state index contributed by atoms with van der Waals surface area (Å²) >= 11 is 0. The highest BCUT2D eigenvalue weighted by atomic mass is 16.6. The molecule has 6 nitrogen and oxygen atoms in total. The van der Waals surface area contributed by atoms with Crippen LogP contribution in [0.4, 0.5) is 5.69 Å². The van der Waals surface area contributed by atoms with E-state index in [2.05, 4.69) is 5.32 Å². The molecule has 1 aromatic rings. The Morgan fingerprint density at radius 1 is 1.42 bits per heavy atom. The second-order valence-corrected chi connectivity index (χ2v) is 4.82. The zero-order valence-electron chi connectivity index (χ0n) is 11.2. The van der Waals surface area contributed by atoms with Crippen molar-refractivity contribution in [3.8, 4) is 0 Å². The molecule has 0 bridgehead atoms. The van der Waals surface area contributed by atoms with Crippen LogP contribution in [0.25, 0.3) is 0 Å². The van der Waals surface area contributed by atoms with Gasteiger partial charge in [0, 0.05) is 17.7 Å². The first-order valence-corrected chi connectivity index (χ1v) is 6.03. The normalized spacial score (nSPS) is 12.3. The summed E-state index contributed by atoms with van der Waals surface area (Å²) in [6.07, 6.45) is 0. The number of hydrogen-bond acceptors (Lipinski definition) is 4. The Morgan fingerprint density at radius 3 is 2.53 bits per heavy atom. The van der Waals surface area contributed by atoms with Crippen molar-refractivity contribution in [3.63, 3.8) is 0 Å². The average molecular weight is 266 g/mol. The molecule has 1 unspecified atom stereocenters. The van der Waals surface area contributed by atoms with Crippen LogP contribution in [-0.2, 0) is 0 Å². The lowest BCUT2D eigenvalue weighted by atomic mass is 10.0. The quantitative estimate of drug-likeness (QED) is 0.626. The molecule has 1 atom stereocenters. The van der Waals surface area contributed by atoms with Gasteiger partial charge in [-0.15, -0.1) is 0 Å². The Labute approximate surface area is 111 Å². The van der Waals surface area contributed by atoms with Gasteiger partial charge in [-0.2, -0.15) is 0 Å². The molecule has 104 valence electrons. The van der Waals surface area contributed by atoms with Crippen molar-refractivity contribution in [2.45, 2.75) is 26.8 Å². The smallest absolute Gasteiger partial charge is 0.270 e. The summed E-state index contributed by atoms with van der Waals surface area (Å²) in [5.41, 5.74) is 0.755. The van der Waals surface area contributed by atoms with Crippen LogP contribution in [0.5, 0.6) is 0 Å². The maximum atomic E-state index is 12.0. The number of amides is 1. The largest absolute Gasteiger partial charge is 0.394 e. The minimum Gasteiger partial charge on any atom is -0.394 e. The van der Waals surface area contributed by atoms with Gasteiger partial charge in [0.1, 0.15) is 0 Å². The lowest BCUT2D eigenvalue weighted by Gasteiger charge is -2.19. The van der Waals surface area contributed by atoms with Gasteiger partial charge in [0.05, 0.1) is 17.6 Å². The van der Waals surface area contributed by atoms with Gasteiger partial charge in [0.15, 0.2) is 0 Å². The van der Waals surface area contributed by atoms with E-state index in [1.54, 1.807) is 13.0 Å². The van der Waals surface area contributed by atoms with Gasteiger partial charge >= 0.3 is 0 Å². The molecule has 0 saturated carbocycles. The number of nitro benzene ring substituents is 1. The summed E-state index contributed by atoms with van der Waals surface area (Å²) in [4.78, 5) is 22.2. The first-order chi connectivity index (χ1) is 8.85. The molecule has 6 heteroatoms. The first kappa shape index (κ1) is 15.1. The predicted octanol–water partition coefficient (Wildman–Crippen LogP) is 1.65. The molecule has 0 aromatic heterocycles. The number of non-ortho nitro benzene ring substituents is 1. The fourth-order valence-corrected chi connectivity index (χ4v) is 1.67. The Hall–Kier alpha value is -1.95. The molecule has 0 aliphatic rings. The van der Waals surface area contributed by atoms with E-state index >= 15 is 0 Å². The maximum absolute atomic E-state index is 12.0. The van der Waals surface area contributed by atoms with Crippen LogP contribution < -0.4 is 5.32 Å². The van der Waals surface area contributed by atoms with Gasteiger partial charge in [0.2, 0.25) is 0 Å². The molecule has 0 fully saturated rings. The summed E-state index contributed by atoms with van der Waals surface area (Å²) in [5.74, 6) is -0.340. The van der Waals surface area contributed by atoms with Crippen LogP contribution in [0.3, 0.4) is 0 Å². The molecule has 0 saturated heterocycles. The van der Waals surface area contributed by atoms with E-state index in [-0.39, 0.29) is 29.8 Å². The minimum absolute atomic E-state index is 0.0775. The first-order valence-electron chi connectivity index (χ1n) is 6.03. The van der Waals surface area contributed by atoms with E-state index in [9.17, 15) is 14.9 Å². The van der Waals surface area contributed by atoms with Crippen molar-refractivity contribution < 1.29 is 14.8 Å². The van der Waals surface area contributed by atoms with Crippen molar-refractivity contribution in [1.29, 1.82) is 0 Å². The highest BCUT2D eigenvalue weighted by Gasteiger charge is 2.18. The number of rotatable bonds is 5. The standard InChI is InChI=1S/C13H18N2O4/c1-8(2)12(7-16)14-13(17)10-4-9(3)5-11(6-10)15(18)19/h4-6,8,12,16H,7H2,1-3H3,(H,14,17). The van der Waals surface area contributed by atoms with Gasteiger partial charge < -0.3 is 10.4 Å². The Morgan fingerprint density at radius 2 is 2.05 bits per heavy atom. The summed E-state index contributed by atoms with van der Waals surface area (Å²) < 4.78 is 0.